The van der Waals surface area contributed by atoms with E-state index < -0.39 is 11.8 Å². The summed E-state index contributed by atoms with van der Waals surface area (Å²) < 4.78 is 10.4. The number of nitrogens with zero attached hydrogens (tertiary/aromatic N) is 1. The third kappa shape index (κ3) is 6.16. The first kappa shape index (κ1) is 20.0. The minimum atomic E-state index is -0.913. The number of hydrazone groups is 1. The van der Waals surface area contributed by atoms with E-state index in [0.29, 0.717) is 28.8 Å². The number of amides is 2. The van der Waals surface area contributed by atoms with Crippen LogP contribution in [0.25, 0.3) is 0 Å². The highest BCUT2D eigenvalue weighted by Crippen LogP contribution is 2.27. The average molecular weight is 388 g/mol. The molecule has 0 aliphatic carbocycles. The summed E-state index contributed by atoms with van der Waals surface area (Å²) in [7, 11) is 1.48. The van der Waals surface area contributed by atoms with E-state index in [0.717, 1.165) is 5.56 Å². The molecule has 7 nitrogen and oxygen atoms in total. The van der Waals surface area contributed by atoms with Crippen molar-refractivity contribution < 1.29 is 19.1 Å². The van der Waals surface area contributed by atoms with Gasteiger partial charge in [-0.25, -0.2) is 5.43 Å². The summed E-state index contributed by atoms with van der Waals surface area (Å²) in [4.78, 5) is 23.7. The predicted molar refractivity (Wildman–Crippen MR) is 105 cm³/mol. The SMILES string of the molecule is C=CCOc1ccc(/C=N\NC(=O)C(=O)Nc2ccc(OC)c(Cl)c2)cc1. The minimum Gasteiger partial charge on any atom is -0.495 e. The van der Waals surface area contributed by atoms with E-state index in [2.05, 4.69) is 22.4 Å². The van der Waals surface area contributed by atoms with E-state index in [9.17, 15) is 9.59 Å². The molecule has 0 fully saturated rings. The van der Waals surface area contributed by atoms with Gasteiger partial charge in [-0.3, -0.25) is 9.59 Å². The number of benzene rings is 2. The number of ether oxygens (including phenoxy) is 2. The minimum absolute atomic E-state index is 0.314. The Kier molecular flexibility index (Phi) is 7.39. The van der Waals surface area contributed by atoms with Crippen molar-refractivity contribution in [2.45, 2.75) is 0 Å². The zero-order valence-corrected chi connectivity index (χ0v) is 15.3. The van der Waals surface area contributed by atoms with Gasteiger partial charge in [0, 0.05) is 5.69 Å². The first-order chi connectivity index (χ1) is 13.0. The molecule has 2 aromatic carbocycles. The third-order valence-electron chi connectivity index (χ3n) is 3.24. The molecule has 0 bridgehead atoms. The molecule has 2 amide bonds. The lowest BCUT2D eigenvalue weighted by Crippen LogP contribution is -2.32. The van der Waals surface area contributed by atoms with Crippen LogP contribution in [-0.2, 0) is 9.59 Å². The normalized spacial score (nSPS) is 10.3. The van der Waals surface area contributed by atoms with Crippen LogP contribution in [0.4, 0.5) is 5.69 Å². The number of nitrogens with one attached hydrogen (secondary N) is 2. The van der Waals surface area contributed by atoms with Crippen molar-refractivity contribution in [1.82, 2.24) is 5.43 Å². The lowest BCUT2D eigenvalue weighted by atomic mass is 10.2. The maximum atomic E-state index is 11.9. The van der Waals surface area contributed by atoms with Gasteiger partial charge < -0.3 is 14.8 Å². The van der Waals surface area contributed by atoms with Crippen molar-refractivity contribution >= 4 is 35.3 Å². The molecule has 0 aliphatic heterocycles. The number of carbonyl (C=O) groups is 2. The Morgan fingerprint density at radius 1 is 1.19 bits per heavy atom. The van der Waals surface area contributed by atoms with Crippen molar-refractivity contribution in [3.63, 3.8) is 0 Å². The summed E-state index contributed by atoms with van der Waals surface area (Å²) in [6.45, 7) is 3.99. The summed E-state index contributed by atoms with van der Waals surface area (Å²) in [5, 5.41) is 6.49. The molecule has 0 unspecified atom stereocenters. The molecule has 27 heavy (non-hydrogen) atoms. The largest absolute Gasteiger partial charge is 0.495 e. The Bertz CT molecular complexity index is 851. The number of hydrogen-bond acceptors (Lipinski definition) is 5. The molecule has 2 N–H and O–H groups in total. The predicted octanol–water partition coefficient (Wildman–Crippen LogP) is 3.00. The van der Waals surface area contributed by atoms with Crippen LogP contribution in [-0.4, -0.2) is 31.7 Å². The lowest BCUT2D eigenvalue weighted by molar-refractivity contribution is -0.136. The summed E-state index contributed by atoms with van der Waals surface area (Å²) >= 11 is 5.97. The lowest BCUT2D eigenvalue weighted by Gasteiger charge is -2.07. The third-order valence-corrected chi connectivity index (χ3v) is 3.54. The monoisotopic (exact) mass is 387 g/mol. The Labute approximate surface area is 161 Å². The van der Waals surface area contributed by atoms with Crippen LogP contribution in [0.1, 0.15) is 5.56 Å². The van der Waals surface area contributed by atoms with E-state index in [1.54, 1.807) is 42.5 Å². The van der Waals surface area contributed by atoms with Crippen molar-refractivity contribution in [2.24, 2.45) is 5.10 Å². The molecule has 0 radical (unpaired) electrons. The zero-order valence-electron chi connectivity index (χ0n) is 14.6. The second kappa shape index (κ2) is 9.98. The quantitative estimate of drug-likeness (QED) is 0.331. The molecule has 0 atom stereocenters. The first-order valence-corrected chi connectivity index (χ1v) is 8.23. The summed E-state index contributed by atoms with van der Waals surface area (Å²) in [6.07, 6.45) is 3.06. The van der Waals surface area contributed by atoms with Gasteiger partial charge >= 0.3 is 11.8 Å². The van der Waals surface area contributed by atoms with Crippen molar-refractivity contribution in [2.75, 3.05) is 19.0 Å². The Morgan fingerprint density at radius 3 is 2.56 bits per heavy atom. The molecule has 0 saturated heterocycles. The number of anilines is 1. The smallest absolute Gasteiger partial charge is 0.329 e. The van der Waals surface area contributed by atoms with Crippen LogP contribution in [0.15, 0.2) is 60.2 Å². The fourth-order valence-corrected chi connectivity index (χ4v) is 2.21. The van der Waals surface area contributed by atoms with Gasteiger partial charge in [0.25, 0.3) is 0 Å². The fraction of sp³-hybridized carbons (Fsp3) is 0.105. The molecule has 8 heteroatoms. The number of hydrogen-bond donors (Lipinski definition) is 2. The molecule has 0 heterocycles. The van der Waals surface area contributed by atoms with Crippen LogP contribution in [0.2, 0.25) is 5.02 Å². The van der Waals surface area contributed by atoms with Gasteiger partial charge in [0.15, 0.2) is 0 Å². The Hall–Kier alpha value is -3.32. The van der Waals surface area contributed by atoms with E-state index >= 15 is 0 Å². The van der Waals surface area contributed by atoms with Crippen molar-refractivity contribution in [1.29, 1.82) is 0 Å². The van der Waals surface area contributed by atoms with Gasteiger partial charge in [0.2, 0.25) is 0 Å². The Balaban J connectivity index is 1.87. The van der Waals surface area contributed by atoms with Crippen LogP contribution in [0.3, 0.4) is 0 Å². The second-order valence-corrected chi connectivity index (χ2v) is 5.58. The van der Waals surface area contributed by atoms with Crippen molar-refractivity contribution in [3.05, 3.63) is 65.7 Å². The average Bonchev–Trinajstić information content (AvgIpc) is 2.67. The second-order valence-electron chi connectivity index (χ2n) is 5.17. The van der Waals surface area contributed by atoms with Gasteiger partial charge in [0.1, 0.15) is 18.1 Å². The molecule has 0 aliphatic rings. The summed E-state index contributed by atoms with van der Waals surface area (Å²) in [5.74, 6) is -0.635. The van der Waals surface area contributed by atoms with Gasteiger partial charge in [-0.15, -0.1) is 0 Å². The highest BCUT2D eigenvalue weighted by atomic mass is 35.5. The standard InChI is InChI=1S/C19H18ClN3O4/c1-3-10-27-15-7-4-13(5-8-15)12-21-23-19(25)18(24)22-14-6-9-17(26-2)16(20)11-14/h3-9,11-12H,1,10H2,2H3,(H,22,24)(H,23,25)/b21-12-. The topological polar surface area (TPSA) is 89.0 Å². The molecule has 0 spiro atoms. The maximum Gasteiger partial charge on any atom is 0.329 e. The van der Waals surface area contributed by atoms with Gasteiger partial charge in [-0.05, 0) is 48.0 Å². The van der Waals surface area contributed by atoms with E-state index in [1.165, 1.54) is 19.4 Å². The molecular formula is C19H18ClN3O4. The molecule has 0 aromatic heterocycles. The molecule has 140 valence electrons. The van der Waals surface area contributed by atoms with Crippen LogP contribution in [0, 0.1) is 0 Å². The van der Waals surface area contributed by atoms with Crippen LogP contribution in [0.5, 0.6) is 11.5 Å². The number of methoxy groups -OCH3 is 1. The molecule has 2 rings (SSSR count). The van der Waals surface area contributed by atoms with E-state index in [1.807, 2.05) is 0 Å². The number of rotatable bonds is 7. The molecular weight excluding hydrogens is 370 g/mol. The molecule has 2 aromatic rings. The first-order valence-electron chi connectivity index (χ1n) is 7.85. The number of carbonyl (C=O) groups excluding carboxylic acids is 2. The highest BCUT2D eigenvalue weighted by molar-refractivity contribution is 6.40. The van der Waals surface area contributed by atoms with E-state index in [-0.39, 0.29) is 0 Å². The summed E-state index contributed by atoms with van der Waals surface area (Å²) in [5.41, 5.74) is 3.24. The summed E-state index contributed by atoms with van der Waals surface area (Å²) in [6, 6.07) is 11.6. The number of halogens is 1. The van der Waals surface area contributed by atoms with Crippen molar-refractivity contribution in [3.8, 4) is 11.5 Å². The van der Waals surface area contributed by atoms with E-state index in [4.69, 9.17) is 21.1 Å². The van der Waals surface area contributed by atoms with Gasteiger partial charge in [-0.1, -0.05) is 24.3 Å². The van der Waals surface area contributed by atoms with Gasteiger partial charge in [-0.2, -0.15) is 5.10 Å². The maximum absolute atomic E-state index is 11.9. The zero-order chi connectivity index (χ0) is 19.6. The van der Waals surface area contributed by atoms with Crippen LogP contribution >= 0.6 is 11.6 Å². The Morgan fingerprint density at radius 2 is 1.93 bits per heavy atom. The molecule has 0 saturated carbocycles. The van der Waals surface area contributed by atoms with Gasteiger partial charge in [0.05, 0.1) is 18.3 Å². The van der Waals surface area contributed by atoms with Crippen LogP contribution < -0.4 is 20.2 Å². The fourth-order valence-electron chi connectivity index (χ4n) is 1.95. The highest BCUT2D eigenvalue weighted by Gasteiger charge is 2.13.